The third kappa shape index (κ3) is 2.79. The van der Waals surface area contributed by atoms with Crippen molar-refractivity contribution in [1.29, 1.82) is 0 Å². The number of aromatic nitrogens is 3. The highest BCUT2D eigenvalue weighted by molar-refractivity contribution is 9.10. The first-order valence-corrected chi connectivity index (χ1v) is 7.79. The monoisotopic (exact) mass is 336 g/mol. The Bertz CT molecular complexity index is 588. The van der Waals surface area contributed by atoms with Crippen LogP contribution in [0.2, 0.25) is 0 Å². The Hall–Kier alpha value is -1.20. The van der Waals surface area contributed by atoms with E-state index in [1.165, 1.54) is 5.56 Å². The molecule has 0 saturated carbocycles. The molecule has 1 aromatic carbocycles. The van der Waals surface area contributed by atoms with Crippen LogP contribution >= 0.6 is 15.9 Å². The van der Waals surface area contributed by atoms with Gasteiger partial charge in [0, 0.05) is 4.47 Å². The first-order chi connectivity index (χ1) is 9.62. The molecule has 0 spiro atoms. The van der Waals surface area contributed by atoms with E-state index in [-0.39, 0.29) is 6.04 Å². The third-order valence-corrected chi connectivity index (χ3v) is 4.22. The van der Waals surface area contributed by atoms with E-state index in [0.717, 1.165) is 34.4 Å². The third-order valence-electron chi connectivity index (χ3n) is 3.54. The standard InChI is InChI=1S/C15H21BrN4/c1-5-12(17-4)15-13(6-2)20(19-18-15)14-9-10(3)7-8-11(14)16/h7-9,12,17H,5-6H2,1-4H3. The lowest BCUT2D eigenvalue weighted by Crippen LogP contribution is -2.17. The van der Waals surface area contributed by atoms with Gasteiger partial charge in [0.05, 0.1) is 17.4 Å². The summed E-state index contributed by atoms with van der Waals surface area (Å²) in [5.41, 5.74) is 4.47. The maximum atomic E-state index is 4.41. The van der Waals surface area contributed by atoms with Crippen LogP contribution in [0.4, 0.5) is 0 Å². The molecule has 0 aliphatic heterocycles. The van der Waals surface area contributed by atoms with Gasteiger partial charge < -0.3 is 5.32 Å². The minimum atomic E-state index is 0.252. The fraction of sp³-hybridized carbons (Fsp3) is 0.467. The van der Waals surface area contributed by atoms with Crippen molar-refractivity contribution >= 4 is 15.9 Å². The molecule has 1 heterocycles. The average molecular weight is 337 g/mol. The summed E-state index contributed by atoms with van der Waals surface area (Å²) in [5.74, 6) is 0. The highest BCUT2D eigenvalue weighted by atomic mass is 79.9. The average Bonchev–Trinajstić information content (AvgIpc) is 2.86. The summed E-state index contributed by atoms with van der Waals surface area (Å²) in [7, 11) is 1.97. The molecular weight excluding hydrogens is 316 g/mol. The summed E-state index contributed by atoms with van der Waals surface area (Å²) < 4.78 is 2.98. The molecule has 2 aromatic rings. The maximum absolute atomic E-state index is 4.41. The highest BCUT2D eigenvalue weighted by Crippen LogP contribution is 2.26. The van der Waals surface area contributed by atoms with Gasteiger partial charge >= 0.3 is 0 Å². The van der Waals surface area contributed by atoms with Crippen LogP contribution in [-0.4, -0.2) is 22.0 Å². The summed E-state index contributed by atoms with van der Waals surface area (Å²) >= 11 is 3.61. The van der Waals surface area contributed by atoms with Crippen LogP contribution in [0.1, 0.15) is 43.3 Å². The first-order valence-electron chi connectivity index (χ1n) is 7.00. The highest BCUT2D eigenvalue weighted by Gasteiger charge is 2.20. The summed E-state index contributed by atoms with van der Waals surface area (Å²) in [6.45, 7) is 6.38. The van der Waals surface area contributed by atoms with Gasteiger partial charge in [-0.15, -0.1) is 5.10 Å². The number of nitrogens with one attached hydrogen (secondary N) is 1. The number of aryl methyl sites for hydroxylation is 1. The Balaban J connectivity index is 2.55. The van der Waals surface area contributed by atoms with E-state index in [1.807, 2.05) is 11.7 Å². The molecule has 0 bridgehead atoms. The molecule has 1 N–H and O–H groups in total. The van der Waals surface area contributed by atoms with Crippen LogP contribution in [0.3, 0.4) is 0 Å². The SMILES string of the molecule is CCc1c(C(CC)NC)nnn1-c1cc(C)ccc1Br. The minimum absolute atomic E-state index is 0.252. The van der Waals surface area contributed by atoms with Crippen molar-refractivity contribution in [2.45, 2.75) is 39.7 Å². The van der Waals surface area contributed by atoms with Gasteiger partial charge in [0.25, 0.3) is 0 Å². The van der Waals surface area contributed by atoms with E-state index in [1.54, 1.807) is 0 Å². The number of hydrogen-bond acceptors (Lipinski definition) is 3. The Morgan fingerprint density at radius 1 is 1.35 bits per heavy atom. The molecule has 20 heavy (non-hydrogen) atoms. The molecule has 0 radical (unpaired) electrons. The van der Waals surface area contributed by atoms with E-state index in [4.69, 9.17) is 0 Å². The molecule has 0 aliphatic rings. The fourth-order valence-corrected chi connectivity index (χ4v) is 2.84. The summed E-state index contributed by atoms with van der Waals surface area (Å²) in [6.07, 6.45) is 1.90. The van der Waals surface area contributed by atoms with Gasteiger partial charge in [-0.25, -0.2) is 4.68 Å². The van der Waals surface area contributed by atoms with Crippen LogP contribution < -0.4 is 5.32 Å². The zero-order valence-electron chi connectivity index (χ0n) is 12.4. The van der Waals surface area contributed by atoms with Crippen molar-refractivity contribution < 1.29 is 0 Å². The molecule has 1 aromatic heterocycles. The van der Waals surface area contributed by atoms with E-state index in [2.05, 4.69) is 70.5 Å². The van der Waals surface area contributed by atoms with Gasteiger partial charge in [-0.2, -0.15) is 0 Å². The fourth-order valence-electron chi connectivity index (χ4n) is 2.43. The second-order valence-corrected chi connectivity index (χ2v) is 5.75. The van der Waals surface area contributed by atoms with Gasteiger partial charge in [-0.1, -0.05) is 25.1 Å². The predicted molar refractivity (Wildman–Crippen MR) is 85.3 cm³/mol. The second-order valence-electron chi connectivity index (χ2n) is 4.89. The normalized spacial score (nSPS) is 12.7. The van der Waals surface area contributed by atoms with Crippen molar-refractivity contribution in [3.05, 3.63) is 39.6 Å². The van der Waals surface area contributed by atoms with Crippen molar-refractivity contribution in [2.75, 3.05) is 7.05 Å². The molecule has 0 amide bonds. The van der Waals surface area contributed by atoms with Gasteiger partial charge in [0.15, 0.2) is 0 Å². The molecular formula is C15H21BrN4. The lowest BCUT2D eigenvalue weighted by atomic mass is 10.1. The summed E-state index contributed by atoms with van der Waals surface area (Å²) in [6, 6.07) is 6.52. The number of nitrogens with zero attached hydrogens (tertiary/aromatic N) is 3. The zero-order valence-corrected chi connectivity index (χ0v) is 14.0. The molecule has 5 heteroatoms. The Labute approximate surface area is 128 Å². The molecule has 0 saturated heterocycles. The van der Waals surface area contributed by atoms with Crippen LogP contribution in [-0.2, 0) is 6.42 Å². The van der Waals surface area contributed by atoms with Crippen molar-refractivity contribution in [1.82, 2.24) is 20.3 Å². The van der Waals surface area contributed by atoms with Crippen molar-refractivity contribution in [2.24, 2.45) is 0 Å². The summed E-state index contributed by atoms with van der Waals surface area (Å²) in [5, 5.41) is 12.1. The number of rotatable bonds is 5. The quantitative estimate of drug-likeness (QED) is 0.907. The molecule has 108 valence electrons. The van der Waals surface area contributed by atoms with Crippen molar-refractivity contribution in [3.63, 3.8) is 0 Å². The molecule has 4 nitrogen and oxygen atoms in total. The molecule has 0 aliphatic carbocycles. The van der Waals surface area contributed by atoms with Crippen LogP contribution in [0.15, 0.2) is 22.7 Å². The van der Waals surface area contributed by atoms with E-state index in [9.17, 15) is 0 Å². The van der Waals surface area contributed by atoms with E-state index < -0.39 is 0 Å². The first kappa shape index (κ1) is 15.2. The largest absolute Gasteiger partial charge is 0.312 e. The Morgan fingerprint density at radius 3 is 2.70 bits per heavy atom. The molecule has 1 atom stereocenters. The van der Waals surface area contributed by atoms with Gasteiger partial charge in [-0.05, 0) is 60.4 Å². The predicted octanol–water partition coefficient (Wildman–Crippen LogP) is 3.57. The number of benzene rings is 1. The topological polar surface area (TPSA) is 42.7 Å². The van der Waals surface area contributed by atoms with E-state index >= 15 is 0 Å². The van der Waals surface area contributed by atoms with Crippen LogP contribution in [0.5, 0.6) is 0 Å². The van der Waals surface area contributed by atoms with Gasteiger partial charge in [0.2, 0.25) is 0 Å². The Morgan fingerprint density at radius 2 is 2.10 bits per heavy atom. The second kappa shape index (κ2) is 6.50. The molecule has 1 unspecified atom stereocenters. The van der Waals surface area contributed by atoms with Crippen molar-refractivity contribution in [3.8, 4) is 5.69 Å². The zero-order chi connectivity index (χ0) is 14.7. The molecule has 2 rings (SSSR count). The molecule has 0 fully saturated rings. The number of halogens is 1. The lowest BCUT2D eigenvalue weighted by molar-refractivity contribution is 0.555. The maximum Gasteiger partial charge on any atom is 0.103 e. The number of hydrogen-bond donors (Lipinski definition) is 1. The van der Waals surface area contributed by atoms with E-state index in [0.29, 0.717) is 0 Å². The van der Waals surface area contributed by atoms with Gasteiger partial charge in [0.1, 0.15) is 5.69 Å². The van der Waals surface area contributed by atoms with Gasteiger partial charge in [-0.3, -0.25) is 0 Å². The summed E-state index contributed by atoms with van der Waals surface area (Å²) in [4.78, 5) is 0. The smallest absolute Gasteiger partial charge is 0.103 e. The lowest BCUT2D eigenvalue weighted by Gasteiger charge is -2.14. The van der Waals surface area contributed by atoms with Crippen LogP contribution in [0, 0.1) is 6.92 Å². The Kier molecular flexibility index (Phi) is 4.94. The minimum Gasteiger partial charge on any atom is -0.312 e. The van der Waals surface area contributed by atoms with Crippen LogP contribution in [0.25, 0.3) is 5.69 Å².